The molecule has 1 N–H and O–H groups in total. The van der Waals surface area contributed by atoms with Crippen molar-refractivity contribution in [2.24, 2.45) is 0 Å². The van der Waals surface area contributed by atoms with Gasteiger partial charge in [0.25, 0.3) is 5.91 Å². The van der Waals surface area contributed by atoms with Gasteiger partial charge in [-0.3, -0.25) is 9.59 Å². The zero-order valence-electron chi connectivity index (χ0n) is 17.2. The Morgan fingerprint density at radius 3 is 2.62 bits per heavy atom. The van der Waals surface area contributed by atoms with Crippen molar-refractivity contribution in [3.05, 3.63) is 75.6 Å². The highest BCUT2D eigenvalue weighted by atomic mass is 16.5. The minimum absolute atomic E-state index is 0.00396. The van der Waals surface area contributed by atoms with Crippen molar-refractivity contribution >= 4 is 16.9 Å². The number of nitrogens with zero attached hydrogens (tertiary/aromatic N) is 1. The van der Waals surface area contributed by atoms with Gasteiger partial charge in [-0.2, -0.15) is 0 Å². The Labute approximate surface area is 170 Å². The van der Waals surface area contributed by atoms with Crippen LogP contribution in [0.4, 0.5) is 0 Å². The molecule has 6 nitrogen and oxygen atoms in total. The number of fused-ring (bicyclic) bond motifs is 1. The summed E-state index contributed by atoms with van der Waals surface area (Å²) >= 11 is 0. The van der Waals surface area contributed by atoms with E-state index < -0.39 is 5.91 Å². The number of aryl methyl sites for hydroxylation is 1. The Hall–Kier alpha value is -3.12. The van der Waals surface area contributed by atoms with Gasteiger partial charge < -0.3 is 19.4 Å². The normalized spacial score (nSPS) is 12.2. The molecular weight excluding hydrogens is 368 g/mol. The fourth-order valence-corrected chi connectivity index (χ4v) is 3.32. The first-order valence-electron chi connectivity index (χ1n) is 9.59. The largest absolute Gasteiger partial charge is 0.496 e. The van der Waals surface area contributed by atoms with Gasteiger partial charge in [-0.1, -0.05) is 31.2 Å². The molecule has 0 aliphatic heterocycles. The number of rotatable bonds is 7. The number of ether oxygens (including phenoxy) is 1. The lowest BCUT2D eigenvalue weighted by Crippen LogP contribution is -2.35. The van der Waals surface area contributed by atoms with Crippen molar-refractivity contribution in [3.63, 3.8) is 0 Å². The van der Waals surface area contributed by atoms with Gasteiger partial charge >= 0.3 is 0 Å². The van der Waals surface area contributed by atoms with Crippen LogP contribution in [0.25, 0.3) is 11.0 Å². The Balaban J connectivity index is 1.83. The summed E-state index contributed by atoms with van der Waals surface area (Å²) in [6.07, 6.45) is 0.826. The van der Waals surface area contributed by atoms with Gasteiger partial charge in [0.15, 0.2) is 11.2 Å². The van der Waals surface area contributed by atoms with Crippen LogP contribution in [0.3, 0.4) is 0 Å². The Bertz CT molecular complexity index is 1070. The van der Waals surface area contributed by atoms with E-state index in [0.29, 0.717) is 17.5 Å². The van der Waals surface area contributed by atoms with Crippen LogP contribution in [-0.2, 0) is 6.42 Å². The molecule has 0 fully saturated rings. The summed E-state index contributed by atoms with van der Waals surface area (Å²) < 4.78 is 11.1. The van der Waals surface area contributed by atoms with Gasteiger partial charge in [-0.25, -0.2) is 0 Å². The third-order valence-corrected chi connectivity index (χ3v) is 5.00. The summed E-state index contributed by atoms with van der Waals surface area (Å²) in [5.41, 5.74) is 2.20. The van der Waals surface area contributed by atoms with Crippen LogP contribution in [0.2, 0.25) is 0 Å². The minimum Gasteiger partial charge on any atom is -0.496 e. The van der Waals surface area contributed by atoms with Gasteiger partial charge in [-0.15, -0.1) is 0 Å². The Morgan fingerprint density at radius 1 is 1.17 bits per heavy atom. The molecule has 0 radical (unpaired) electrons. The maximum Gasteiger partial charge on any atom is 0.287 e. The lowest BCUT2D eigenvalue weighted by Gasteiger charge is -2.26. The van der Waals surface area contributed by atoms with Crippen LogP contribution >= 0.6 is 0 Å². The fraction of sp³-hybridized carbons (Fsp3) is 0.304. The maximum atomic E-state index is 12.7. The monoisotopic (exact) mass is 394 g/mol. The lowest BCUT2D eigenvalue weighted by molar-refractivity contribution is 0.0914. The van der Waals surface area contributed by atoms with E-state index in [1.165, 1.54) is 6.07 Å². The zero-order chi connectivity index (χ0) is 21.0. The zero-order valence-corrected chi connectivity index (χ0v) is 17.2. The second-order valence-electron chi connectivity index (χ2n) is 7.09. The second-order valence-corrected chi connectivity index (χ2v) is 7.09. The third kappa shape index (κ3) is 4.49. The molecule has 0 spiro atoms. The van der Waals surface area contributed by atoms with E-state index in [1.807, 2.05) is 62.3 Å². The molecule has 6 heteroatoms. The number of para-hydroxylation sites is 1. The fourth-order valence-electron chi connectivity index (χ4n) is 3.32. The van der Waals surface area contributed by atoms with Crippen molar-refractivity contribution in [3.8, 4) is 5.75 Å². The van der Waals surface area contributed by atoms with Crippen molar-refractivity contribution in [1.82, 2.24) is 10.2 Å². The smallest absolute Gasteiger partial charge is 0.287 e. The second kappa shape index (κ2) is 8.92. The summed E-state index contributed by atoms with van der Waals surface area (Å²) in [5.74, 6) is 0.332. The van der Waals surface area contributed by atoms with Crippen molar-refractivity contribution < 1.29 is 13.9 Å². The van der Waals surface area contributed by atoms with E-state index in [0.717, 1.165) is 23.3 Å². The number of likely N-dealkylation sites (N-methyl/N-ethyl adjacent to an activating group) is 1. The number of carbonyl (C=O) groups is 1. The molecule has 29 heavy (non-hydrogen) atoms. The number of benzene rings is 2. The topological polar surface area (TPSA) is 71.8 Å². The predicted molar refractivity (Wildman–Crippen MR) is 114 cm³/mol. The van der Waals surface area contributed by atoms with Crippen molar-refractivity contribution in [1.29, 1.82) is 0 Å². The summed E-state index contributed by atoms with van der Waals surface area (Å²) in [5, 5.41) is 3.36. The highest BCUT2D eigenvalue weighted by molar-refractivity contribution is 5.93. The van der Waals surface area contributed by atoms with Crippen molar-refractivity contribution in [2.45, 2.75) is 19.4 Å². The van der Waals surface area contributed by atoms with Crippen LogP contribution in [0, 0.1) is 0 Å². The number of carbonyl (C=O) groups excluding carboxylic acids is 1. The van der Waals surface area contributed by atoms with Gasteiger partial charge in [0.1, 0.15) is 11.3 Å². The molecule has 152 valence electrons. The summed E-state index contributed by atoms with van der Waals surface area (Å²) in [6.45, 7) is 2.36. The first-order chi connectivity index (χ1) is 13.9. The molecule has 1 amide bonds. The number of hydrogen-bond donors (Lipinski definition) is 1. The van der Waals surface area contributed by atoms with E-state index in [4.69, 9.17) is 9.15 Å². The maximum absolute atomic E-state index is 12.7. The van der Waals surface area contributed by atoms with Gasteiger partial charge in [0.2, 0.25) is 0 Å². The van der Waals surface area contributed by atoms with Gasteiger partial charge in [0, 0.05) is 18.2 Å². The molecule has 3 rings (SSSR count). The number of methoxy groups -OCH3 is 1. The highest BCUT2D eigenvalue weighted by Crippen LogP contribution is 2.27. The summed E-state index contributed by atoms with van der Waals surface area (Å²) in [4.78, 5) is 27.1. The summed E-state index contributed by atoms with van der Waals surface area (Å²) in [6, 6.07) is 14.3. The molecule has 0 unspecified atom stereocenters. The van der Waals surface area contributed by atoms with Crippen LogP contribution < -0.4 is 15.5 Å². The molecule has 0 aliphatic rings. The number of nitrogens with one attached hydrogen (secondary N) is 1. The molecule has 0 bridgehead atoms. The Kier molecular flexibility index (Phi) is 6.34. The van der Waals surface area contributed by atoms with E-state index >= 15 is 0 Å². The lowest BCUT2D eigenvalue weighted by atomic mass is 10.0. The quantitative estimate of drug-likeness (QED) is 0.665. The predicted octanol–water partition coefficient (Wildman–Crippen LogP) is 3.40. The highest BCUT2D eigenvalue weighted by Gasteiger charge is 2.20. The average molecular weight is 394 g/mol. The van der Waals surface area contributed by atoms with Gasteiger partial charge in [-0.05, 0) is 44.3 Å². The van der Waals surface area contributed by atoms with Crippen LogP contribution in [-0.4, -0.2) is 38.6 Å². The van der Waals surface area contributed by atoms with Crippen LogP contribution in [0.5, 0.6) is 5.75 Å². The first-order valence-corrected chi connectivity index (χ1v) is 9.59. The molecule has 1 heterocycles. The molecule has 0 aliphatic carbocycles. The molecular formula is C23H26N2O4. The summed E-state index contributed by atoms with van der Waals surface area (Å²) in [7, 11) is 5.49. The molecule has 0 saturated heterocycles. The standard InChI is InChI=1S/C23H26N2O4/c1-5-15-10-11-21-17(12-15)19(26)13-22(29-21)23(27)24-14-18(25(2)3)16-8-6-7-9-20(16)28-4/h6-13,18H,5,14H2,1-4H3,(H,24,27)/t18-/m0/s1. The van der Waals surface area contributed by atoms with E-state index in [1.54, 1.807) is 13.2 Å². The third-order valence-electron chi connectivity index (χ3n) is 5.00. The minimum atomic E-state index is -0.426. The average Bonchev–Trinajstić information content (AvgIpc) is 2.73. The van der Waals surface area contributed by atoms with E-state index in [9.17, 15) is 9.59 Å². The van der Waals surface area contributed by atoms with E-state index in [-0.39, 0.29) is 17.2 Å². The Morgan fingerprint density at radius 2 is 1.93 bits per heavy atom. The number of hydrogen-bond acceptors (Lipinski definition) is 5. The SMILES string of the molecule is CCc1ccc2oc(C(=O)NC[C@@H](c3ccccc3OC)N(C)C)cc(=O)c2c1. The first kappa shape index (κ1) is 20.6. The molecule has 3 aromatic rings. The molecule has 2 aromatic carbocycles. The molecule has 1 atom stereocenters. The number of amides is 1. The molecule has 0 saturated carbocycles. The van der Waals surface area contributed by atoms with Crippen LogP contribution in [0.1, 0.15) is 34.6 Å². The van der Waals surface area contributed by atoms with Gasteiger partial charge in [0.05, 0.1) is 18.5 Å². The van der Waals surface area contributed by atoms with Crippen molar-refractivity contribution in [2.75, 3.05) is 27.7 Å². The van der Waals surface area contributed by atoms with Crippen LogP contribution in [0.15, 0.2) is 57.7 Å². The molecule has 1 aromatic heterocycles. The van der Waals surface area contributed by atoms with E-state index in [2.05, 4.69) is 5.32 Å².